The van der Waals surface area contributed by atoms with Crippen molar-refractivity contribution in [3.63, 3.8) is 0 Å². The molecule has 2 fully saturated rings. The Balaban J connectivity index is 1.40. The molecule has 2 aliphatic rings. The number of benzene rings is 2. The number of ether oxygens (including phenoxy) is 3. The zero-order valence-electron chi connectivity index (χ0n) is 22.8. The minimum atomic E-state index is -1.20. The molecule has 4 atom stereocenters. The number of hydrogen-bond donors (Lipinski definition) is 3. The maximum atomic E-state index is 12.2. The normalized spacial score (nSPS) is 22.2. The molecular weight excluding hydrogens is 500 g/mol. The summed E-state index contributed by atoms with van der Waals surface area (Å²) in [6.45, 7) is 4.43. The molecule has 0 radical (unpaired) electrons. The van der Waals surface area contributed by atoms with Crippen molar-refractivity contribution in [1.29, 1.82) is 0 Å². The lowest BCUT2D eigenvalue weighted by Gasteiger charge is -2.42. The molecule has 0 unspecified atom stereocenters. The van der Waals surface area contributed by atoms with E-state index in [1.165, 1.54) is 24.7 Å². The molecule has 212 valence electrons. The fraction of sp³-hybridized carbons (Fsp3) is 0.533. The second kappa shape index (κ2) is 13.3. The highest BCUT2D eigenvalue weighted by molar-refractivity contribution is 5.73. The van der Waals surface area contributed by atoms with Gasteiger partial charge >= 0.3 is 6.09 Å². The molecule has 3 N–H and O–H groups in total. The van der Waals surface area contributed by atoms with Crippen LogP contribution in [0.2, 0.25) is 0 Å². The van der Waals surface area contributed by atoms with Crippen LogP contribution in [0.1, 0.15) is 50.7 Å². The summed E-state index contributed by atoms with van der Waals surface area (Å²) in [5, 5.41) is 24.1. The predicted molar refractivity (Wildman–Crippen MR) is 145 cm³/mol. The number of carbonyl (C=O) groups is 2. The van der Waals surface area contributed by atoms with Gasteiger partial charge in [-0.15, -0.1) is 0 Å². The molecule has 0 bridgehead atoms. The number of aliphatic hydroxyl groups excluding tert-OH is 1. The topological polar surface area (TPSA) is 118 Å². The SMILES string of the molecule is CC(=O)N[C@@H](Cc1cccc(OCc2ccccc2)c1)[C@H](O)[C@H]1CO[C@@H](OCC2(C)CCCC2)CN1C(=O)O. The van der Waals surface area contributed by atoms with Gasteiger partial charge < -0.3 is 29.7 Å². The number of nitrogens with zero attached hydrogens (tertiary/aromatic N) is 1. The highest BCUT2D eigenvalue weighted by Gasteiger charge is 2.41. The van der Waals surface area contributed by atoms with Gasteiger partial charge in [-0.25, -0.2) is 4.79 Å². The maximum Gasteiger partial charge on any atom is 0.407 e. The summed E-state index contributed by atoms with van der Waals surface area (Å²) in [6, 6.07) is 15.7. The molecule has 2 aromatic carbocycles. The number of rotatable bonds is 11. The molecule has 1 saturated carbocycles. The smallest absolute Gasteiger partial charge is 0.407 e. The summed E-state index contributed by atoms with van der Waals surface area (Å²) >= 11 is 0. The third-order valence-corrected chi connectivity index (χ3v) is 7.67. The zero-order valence-corrected chi connectivity index (χ0v) is 22.8. The van der Waals surface area contributed by atoms with Crippen LogP contribution in [0.25, 0.3) is 0 Å². The van der Waals surface area contributed by atoms with Crippen LogP contribution in [0, 0.1) is 5.41 Å². The zero-order chi connectivity index (χ0) is 27.8. The van der Waals surface area contributed by atoms with Crippen molar-refractivity contribution in [3.05, 3.63) is 65.7 Å². The standard InChI is InChI=1S/C30H40N2O7/c1-21(33)31-25(16-23-11-8-12-24(15-23)37-18-22-9-4-3-5-10-22)28(34)26-19-38-27(17-32(26)29(35)36)39-20-30(2)13-6-7-14-30/h3-5,8-12,15,25-28,34H,6-7,13-14,16-20H2,1-2H3,(H,31,33)(H,35,36)/t25-,26+,27-,28-/m0/s1. The third kappa shape index (κ3) is 8.17. The van der Waals surface area contributed by atoms with Crippen LogP contribution >= 0.6 is 0 Å². The Bertz CT molecular complexity index is 1090. The second-order valence-electron chi connectivity index (χ2n) is 11.0. The number of carbonyl (C=O) groups excluding carboxylic acids is 1. The first-order valence-corrected chi connectivity index (χ1v) is 13.7. The van der Waals surface area contributed by atoms with Gasteiger partial charge in [-0.3, -0.25) is 9.69 Å². The van der Waals surface area contributed by atoms with E-state index in [9.17, 15) is 19.8 Å². The molecule has 4 rings (SSSR count). The Morgan fingerprint density at radius 2 is 1.85 bits per heavy atom. The van der Waals surface area contributed by atoms with Gasteiger partial charge in [0, 0.05) is 6.92 Å². The van der Waals surface area contributed by atoms with Gasteiger partial charge in [0.15, 0.2) is 6.29 Å². The molecule has 9 heteroatoms. The average molecular weight is 541 g/mol. The third-order valence-electron chi connectivity index (χ3n) is 7.67. The highest BCUT2D eigenvalue weighted by Crippen LogP contribution is 2.38. The summed E-state index contributed by atoms with van der Waals surface area (Å²) in [5.74, 6) is 0.344. The number of hydrogen-bond acceptors (Lipinski definition) is 6. The first kappa shape index (κ1) is 28.9. The Morgan fingerprint density at radius 1 is 1.13 bits per heavy atom. The Hall–Kier alpha value is -3.14. The first-order chi connectivity index (χ1) is 18.7. The maximum absolute atomic E-state index is 12.2. The Morgan fingerprint density at radius 3 is 2.54 bits per heavy atom. The molecule has 1 saturated heterocycles. The van der Waals surface area contributed by atoms with Gasteiger partial charge in [0.2, 0.25) is 5.91 Å². The number of nitrogens with one attached hydrogen (secondary N) is 1. The molecule has 2 amide bonds. The molecule has 9 nitrogen and oxygen atoms in total. The van der Waals surface area contributed by atoms with Gasteiger partial charge in [-0.1, -0.05) is 62.2 Å². The number of aliphatic hydroxyl groups is 1. The Kier molecular flexibility index (Phi) is 9.83. The van der Waals surface area contributed by atoms with E-state index >= 15 is 0 Å². The molecule has 1 aliphatic heterocycles. The number of carboxylic acid groups (broad SMARTS) is 1. The van der Waals surface area contributed by atoms with Crippen LogP contribution < -0.4 is 10.1 Å². The minimum absolute atomic E-state index is 0.0112. The van der Waals surface area contributed by atoms with E-state index in [2.05, 4.69) is 12.2 Å². The summed E-state index contributed by atoms with van der Waals surface area (Å²) in [6.07, 6.45) is 1.74. The molecule has 1 heterocycles. The van der Waals surface area contributed by atoms with Crippen molar-refractivity contribution in [2.45, 2.75) is 77.0 Å². The van der Waals surface area contributed by atoms with Crippen LogP contribution in [-0.4, -0.2) is 71.3 Å². The van der Waals surface area contributed by atoms with Gasteiger partial charge in [0.1, 0.15) is 12.4 Å². The summed E-state index contributed by atoms with van der Waals surface area (Å²) in [4.78, 5) is 25.4. The van der Waals surface area contributed by atoms with Crippen molar-refractivity contribution in [2.24, 2.45) is 5.41 Å². The van der Waals surface area contributed by atoms with Crippen molar-refractivity contribution >= 4 is 12.0 Å². The van der Waals surface area contributed by atoms with Crippen molar-refractivity contribution in [1.82, 2.24) is 10.2 Å². The van der Waals surface area contributed by atoms with Crippen molar-refractivity contribution < 1.29 is 34.0 Å². The number of morpholine rings is 1. The fourth-order valence-corrected chi connectivity index (χ4v) is 5.46. The van der Waals surface area contributed by atoms with E-state index in [1.807, 2.05) is 54.6 Å². The van der Waals surface area contributed by atoms with Crippen molar-refractivity contribution in [3.8, 4) is 5.75 Å². The average Bonchev–Trinajstić information content (AvgIpc) is 3.37. The molecule has 2 aromatic rings. The highest BCUT2D eigenvalue weighted by atomic mass is 16.7. The van der Waals surface area contributed by atoms with E-state index in [1.54, 1.807) is 0 Å². The quantitative estimate of drug-likeness (QED) is 0.395. The molecule has 0 aromatic heterocycles. The molecular formula is C30H40N2O7. The van der Waals surface area contributed by atoms with Crippen molar-refractivity contribution in [2.75, 3.05) is 19.8 Å². The van der Waals surface area contributed by atoms with E-state index in [4.69, 9.17) is 14.2 Å². The first-order valence-electron chi connectivity index (χ1n) is 13.7. The van der Waals surface area contributed by atoms with Gasteiger partial charge in [0.05, 0.1) is 37.9 Å². The van der Waals surface area contributed by atoms with Crippen LogP contribution in [0.3, 0.4) is 0 Å². The Labute approximate surface area is 230 Å². The lowest BCUT2D eigenvalue weighted by Crippen LogP contribution is -2.62. The van der Waals surface area contributed by atoms with Crippen LogP contribution in [0.15, 0.2) is 54.6 Å². The van der Waals surface area contributed by atoms with Gasteiger partial charge in [-0.05, 0) is 47.9 Å². The van der Waals surface area contributed by atoms with Crippen LogP contribution in [-0.2, 0) is 27.3 Å². The van der Waals surface area contributed by atoms with Gasteiger partial charge in [0.25, 0.3) is 0 Å². The summed E-state index contributed by atoms with van der Waals surface area (Å²) < 4.78 is 17.8. The van der Waals surface area contributed by atoms with E-state index in [0.717, 1.165) is 24.0 Å². The van der Waals surface area contributed by atoms with Crippen LogP contribution in [0.5, 0.6) is 5.75 Å². The summed E-state index contributed by atoms with van der Waals surface area (Å²) in [5.41, 5.74) is 1.96. The lowest BCUT2D eigenvalue weighted by atomic mass is 9.90. The summed E-state index contributed by atoms with van der Waals surface area (Å²) in [7, 11) is 0. The minimum Gasteiger partial charge on any atom is -0.489 e. The number of amides is 2. The lowest BCUT2D eigenvalue weighted by molar-refractivity contribution is -0.210. The van der Waals surface area contributed by atoms with E-state index in [0.29, 0.717) is 19.0 Å². The van der Waals surface area contributed by atoms with E-state index < -0.39 is 30.6 Å². The monoisotopic (exact) mass is 540 g/mol. The van der Waals surface area contributed by atoms with E-state index in [-0.39, 0.29) is 30.9 Å². The molecule has 39 heavy (non-hydrogen) atoms. The second-order valence-corrected chi connectivity index (χ2v) is 11.0. The van der Waals surface area contributed by atoms with Crippen LogP contribution in [0.4, 0.5) is 4.79 Å². The largest absolute Gasteiger partial charge is 0.489 e. The van der Waals surface area contributed by atoms with Gasteiger partial charge in [-0.2, -0.15) is 0 Å². The predicted octanol–water partition coefficient (Wildman–Crippen LogP) is 3.98. The fourth-order valence-electron chi connectivity index (χ4n) is 5.46. The molecule has 0 spiro atoms. The molecule has 1 aliphatic carbocycles.